The molecule has 0 saturated heterocycles. The fourth-order valence-corrected chi connectivity index (χ4v) is 3.96. The SMILES string of the molecule is Cc1c(CCC(C)(C)C(=O)O)n(Cc2ccc(-n3ccnc3)cc2)c2ccc(F)cc12. The second-order valence-corrected chi connectivity index (χ2v) is 8.64. The summed E-state index contributed by atoms with van der Waals surface area (Å²) < 4.78 is 18.1. The average molecular weight is 420 g/mol. The third-order valence-corrected chi connectivity index (χ3v) is 6.06. The minimum absolute atomic E-state index is 0.269. The third-order valence-electron chi connectivity index (χ3n) is 6.06. The summed E-state index contributed by atoms with van der Waals surface area (Å²) in [5.74, 6) is -1.08. The number of nitrogens with zero attached hydrogens (tertiary/aromatic N) is 3. The Labute approximate surface area is 180 Å². The zero-order chi connectivity index (χ0) is 22.2. The van der Waals surface area contributed by atoms with E-state index in [1.54, 1.807) is 32.4 Å². The maximum atomic E-state index is 13.9. The Morgan fingerprint density at radius 1 is 1.16 bits per heavy atom. The topological polar surface area (TPSA) is 60.0 Å². The third kappa shape index (κ3) is 4.10. The van der Waals surface area contributed by atoms with Gasteiger partial charge in [-0.1, -0.05) is 12.1 Å². The van der Waals surface area contributed by atoms with Crippen LogP contribution < -0.4 is 0 Å². The molecule has 4 aromatic rings. The molecule has 0 spiro atoms. The number of aliphatic carboxylic acids is 1. The predicted molar refractivity (Wildman–Crippen MR) is 119 cm³/mol. The fraction of sp³-hybridized carbons (Fsp3) is 0.280. The minimum atomic E-state index is -0.828. The number of fused-ring (bicyclic) bond motifs is 1. The van der Waals surface area contributed by atoms with Crippen LogP contribution in [0.4, 0.5) is 4.39 Å². The molecule has 0 radical (unpaired) electrons. The van der Waals surface area contributed by atoms with Crippen molar-refractivity contribution in [2.45, 2.75) is 40.2 Å². The molecule has 6 heteroatoms. The van der Waals surface area contributed by atoms with Gasteiger partial charge in [0.15, 0.2) is 0 Å². The van der Waals surface area contributed by atoms with E-state index in [2.05, 4.69) is 21.7 Å². The number of carboxylic acid groups (broad SMARTS) is 1. The van der Waals surface area contributed by atoms with Crippen molar-refractivity contribution in [3.05, 3.63) is 83.8 Å². The van der Waals surface area contributed by atoms with Crippen LogP contribution in [0.2, 0.25) is 0 Å². The van der Waals surface area contributed by atoms with Crippen molar-refractivity contribution in [2.75, 3.05) is 0 Å². The summed E-state index contributed by atoms with van der Waals surface area (Å²) in [5, 5.41) is 10.4. The molecule has 0 fully saturated rings. The second kappa shape index (κ2) is 8.02. The summed E-state index contributed by atoms with van der Waals surface area (Å²) in [7, 11) is 0. The first kappa shape index (κ1) is 20.8. The Morgan fingerprint density at radius 2 is 1.90 bits per heavy atom. The van der Waals surface area contributed by atoms with E-state index >= 15 is 0 Å². The lowest BCUT2D eigenvalue weighted by Crippen LogP contribution is -2.24. The number of hydrogen-bond donors (Lipinski definition) is 1. The lowest BCUT2D eigenvalue weighted by atomic mass is 9.87. The highest BCUT2D eigenvalue weighted by Gasteiger charge is 2.28. The number of aryl methyl sites for hydroxylation is 1. The molecule has 1 N–H and O–H groups in total. The van der Waals surface area contributed by atoms with E-state index in [0.29, 0.717) is 19.4 Å². The van der Waals surface area contributed by atoms with Crippen LogP contribution in [0.3, 0.4) is 0 Å². The van der Waals surface area contributed by atoms with Gasteiger partial charge in [-0.3, -0.25) is 4.79 Å². The van der Waals surface area contributed by atoms with E-state index in [1.165, 1.54) is 6.07 Å². The van der Waals surface area contributed by atoms with Crippen LogP contribution in [0.1, 0.15) is 37.1 Å². The summed E-state index contributed by atoms with van der Waals surface area (Å²) in [6.07, 6.45) is 6.51. The number of imidazole rings is 1. The first-order chi connectivity index (χ1) is 14.8. The monoisotopic (exact) mass is 419 g/mol. The van der Waals surface area contributed by atoms with Gasteiger partial charge >= 0.3 is 5.97 Å². The highest BCUT2D eigenvalue weighted by atomic mass is 19.1. The van der Waals surface area contributed by atoms with E-state index in [1.807, 2.05) is 35.9 Å². The molecule has 2 heterocycles. The van der Waals surface area contributed by atoms with E-state index in [4.69, 9.17) is 0 Å². The summed E-state index contributed by atoms with van der Waals surface area (Å²) in [5.41, 5.74) is 4.33. The average Bonchev–Trinajstić information content (AvgIpc) is 3.35. The van der Waals surface area contributed by atoms with Gasteiger partial charge in [0, 0.05) is 41.2 Å². The van der Waals surface area contributed by atoms with Crippen LogP contribution in [-0.4, -0.2) is 25.2 Å². The predicted octanol–water partition coefficient (Wildman–Crippen LogP) is 5.37. The Bertz CT molecular complexity index is 1220. The molecule has 2 aromatic heterocycles. The summed E-state index contributed by atoms with van der Waals surface area (Å²) in [6, 6.07) is 13.1. The molecule has 0 aliphatic rings. The van der Waals surface area contributed by atoms with Gasteiger partial charge in [-0.15, -0.1) is 0 Å². The minimum Gasteiger partial charge on any atom is -0.481 e. The van der Waals surface area contributed by atoms with Crippen molar-refractivity contribution in [3.63, 3.8) is 0 Å². The molecule has 5 nitrogen and oxygen atoms in total. The van der Waals surface area contributed by atoms with Gasteiger partial charge in [-0.25, -0.2) is 9.37 Å². The van der Waals surface area contributed by atoms with Crippen LogP contribution in [-0.2, 0) is 17.8 Å². The molecule has 0 unspecified atom stereocenters. The van der Waals surface area contributed by atoms with E-state index in [0.717, 1.165) is 33.4 Å². The van der Waals surface area contributed by atoms with Crippen molar-refractivity contribution < 1.29 is 14.3 Å². The quantitative estimate of drug-likeness (QED) is 0.438. The van der Waals surface area contributed by atoms with Crippen molar-refractivity contribution in [1.29, 1.82) is 0 Å². The van der Waals surface area contributed by atoms with Crippen LogP contribution >= 0.6 is 0 Å². The molecule has 2 aromatic carbocycles. The molecular formula is C25H26FN3O2. The molecule has 0 atom stereocenters. The maximum Gasteiger partial charge on any atom is 0.309 e. The van der Waals surface area contributed by atoms with Gasteiger partial charge in [0.2, 0.25) is 0 Å². The number of halogens is 1. The Balaban J connectivity index is 1.70. The molecule has 0 aliphatic heterocycles. The van der Waals surface area contributed by atoms with Crippen LogP contribution in [0, 0.1) is 18.2 Å². The fourth-order valence-electron chi connectivity index (χ4n) is 3.96. The smallest absolute Gasteiger partial charge is 0.309 e. The summed E-state index contributed by atoms with van der Waals surface area (Å²) in [6.45, 7) is 6.10. The Kier molecular flexibility index (Phi) is 5.39. The number of hydrogen-bond acceptors (Lipinski definition) is 2. The first-order valence-electron chi connectivity index (χ1n) is 10.3. The van der Waals surface area contributed by atoms with E-state index < -0.39 is 11.4 Å². The second-order valence-electron chi connectivity index (χ2n) is 8.64. The first-order valence-corrected chi connectivity index (χ1v) is 10.3. The van der Waals surface area contributed by atoms with Gasteiger partial charge in [-0.05, 0) is 75.1 Å². The lowest BCUT2D eigenvalue weighted by molar-refractivity contribution is -0.147. The largest absolute Gasteiger partial charge is 0.481 e. The van der Waals surface area contributed by atoms with Gasteiger partial charge in [0.05, 0.1) is 11.7 Å². The number of carbonyl (C=O) groups is 1. The number of carboxylic acids is 1. The van der Waals surface area contributed by atoms with Gasteiger partial charge in [0.25, 0.3) is 0 Å². The molecular weight excluding hydrogens is 393 g/mol. The molecule has 31 heavy (non-hydrogen) atoms. The number of aromatic nitrogens is 3. The van der Waals surface area contributed by atoms with Crippen molar-refractivity contribution in [3.8, 4) is 5.69 Å². The lowest BCUT2D eigenvalue weighted by Gasteiger charge is -2.20. The maximum absolute atomic E-state index is 13.9. The van der Waals surface area contributed by atoms with Gasteiger partial charge in [-0.2, -0.15) is 0 Å². The summed E-state index contributed by atoms with van der Waals surface area (Å²) in [4.78, 5) is 15.7. The molecule has 0 saturated carbocycles. The van der Waals surface area contributed by atoms with Gasteiger partial charge < -0.3 is 14.2 Å². The highest BCUT2D eigenvalue weighted by molar-refractivity contribution is 5.85. The summed E-state index contributed by atoms with van der Waals surface area (Å²) >= 11 is 0. The number of benzene rings is 2. The molecule has 0 amide bonds. The molecule has 4 rings (SSSR count). The standard InChI is InChI=1S/C25H26FN3O2/c1-17-21-14-19(26)6-9-23(21)29(22(17)10-11-25(2,3)24(30)31)15-18-4-7-20(8-5-18)28-13-12-27-16-28/h4-9,12-14,16H,10-11,15H2,1-3H3,(H,30,31). The molecule has 0 bridgehead atoms. The van der Waals surface area contributed by atoms with Crippen LogP contribution in [0.5, 0.6) is 0 Å². The normalized spacial score (nSPS) is 11.9. The van der Waals surface area contributed by atoms with Gasteiger partial charge in [0.1, 0.15) is 5.82 Å². The zero-order valence-electron chi connectivity index (χ0n) is 18.0. The zero-order valence-corrected chi connectivity index (χ0v) is 18.0. The molecule has 160 valence electrons. The van der Waals surface area contributed by atoms with E-state index in [9.17, 15) is 14.3 Å². The van der Waals surface area contributed by atoms with E-state index in [-0.39, 0.29) is 5.82 Å². The van der Waals surface area contributed by atoms with Crippen LogP contribution in [0.25, 0.3) is 16.6 Å². The van der Waals surface area contributed by atoms with Crippen molar-refractivity contribution in [2.24, 2.45) is 5.41 Å². The Hall–Kier alpha value is -3.41. The molecule has 0 aliphatic carbocycles. The number of rotatable bonds is 7. The highest BCUT2D eigenvalue weighted by Crippen LogP contribution is 2.31. The van der Waals surface area contributed by atoms with Crippen molar-refractivity contribution in [1.82, 2.24) is 14.1 Å². The van der Waals surface area contributed by atoms with Crippen molar-refractivity contribution >= 4 is 16.9 Å². The van der Waals surface area contributed by atoms with Crippen LogP contribution in [0.15, 0.2) is 61.2 Å². The Morgan fingerprint density at radius 3 is 2.55 bits per heavy atom.